The Kier molecular flexibility index (Phi) is 5.21. The number of H-pyrrole nitrogens is 1. The van der Waals surface area contributed by atoms with Crippen LogP contribution < -0.4 is 15.6 Å². The molecule has 7 heteroatoms. The van der Waals surface area contributed by atoms with Crippen LogP contribution in [-0.4, -0.2) is 35.2 Å². The van der Waals surface area contributed by atoms with Gasteiger partial charge in [-0.2, -0.15) is 0 Å². The van der Waals surface area contributed by atoms with Gasteiger partial charge in [0.05, 0.1) is 0 Å². The molecule has 25 heavy (non-hydrogen) atoms. The number of likely N-dealkylation sites (tertiary alicyclic amines) is 1. The fourth-order valence-corrected chi connectivity index (χ4v) is 3.13. The molecule has 2 N–H and O–H groups in total. The molecule has 0 bridgehead atoms. The van der Waals surface area contributed by atoms with E-state index >= 15 is 0 Å². The lowest BCUT2D eigenvalue weighted by Crippen LogP contribution is -2.51. The Morgan fingerprint density at radius 1 is 1.40 bits per heavy atom. The number of benzene rings is 1. The summed E-state index contributed by atoms with van der Waals surface area (Å²) in [6.07, 6.45) is 3.24. The molecule has 134 valence electrons. The highest BCUT2D eigenvalue weighted by molar-refractivity contribution is 5.74. The van der Waals surface area contributed by atoms with E-state index in [4.69, 9.17) is 0 Å². The van der Waals surface area contributed by atoms with E-state index in [0.29, 0.717) is 12.5 Å². The van der Waals surface area contributed by atoms with Gasteiger partial charge in [-0.05, 0) is 41.7 Å². The van der Waals surface area contributed by atoms with Gasteiger partial charge >= 0.3 is 5.63 Å². The number of aromatic amines is 1. The smallest absolute Gasteiger partial charge is 0.381 e. The van der Waals surface area contributed by atoms with Crippen molar-refractivity contribution in [3.63, 3.8) is 0 Å². The Hall–Kier alpha value is -2.57. The molecule has 1 saturated heterocycles. The third kappa shape index (κ3) is 4.49. The van der Waals surface area contributed by atoms with Crippen molar-refractivity contribution in [3.8, 4) is 0 Å². The van der Waals surface area contributed by atoms with E-state index in [1.54, 1.807) is 0 Å². The molecule has 1 aliphatic rings. The molecule has 1 aliphatic heterocycles. The molecule has 1 fully saturated rings. The highest BCUT2D eigenvalue weighted by atomic mass is 16.5. The van der Waals surface area contributed by atoms with E-state index in [1.165, 1.54) is 16.4 Å². The van der Waals surface area contributed by atoms with Crippen LogP contribution in [0.2, 0.25) is 0 Å². The Bertz CT molecular complexity index is 763. The summed E-state index contributed by atoms with van der Waals surface area (Å²) in [5.41, 5.74) is 1.91. The number of piperidine rings is 1. The van der Waals surface area contributed by atoms with Crippen LogP contribution >= 0.6 is 0 Å². The van der Waals surface area contributed by atoms with Gasteiger partial charge in [0, 0.05) is 24.8 Å². The minimum atomic E-state index is -0.490. The van der Waals surface area contributed by atoms with Gasteiger partial charge < -0.3 is 10.2 Å². The van der Waals surface area contributed by atoms with Crippen molar-refractivity contribution in [2.75, 3.05) is 18.4 Å². The van der Waals surface area contributed by atoms with Crippen LogP contribution in [0.1, 0.15) is 38.2 Å². The number of nitrogens with zero attached hydrogens (tertiary/aromatic N) is 2. The van der Waals surface area contributed by atoms with Gasteiger partial charge in [-0.15, -0.1) is 0 Å². The summed E-state index contributed by atoms with van der Waals surface area (Å²) >= 11 is 0. The molecule has 0 saturated carbocycles. The van der Waals surface area contributed by atoms with Crippen molar-refractivity contribution >= 4 is 11.6 Å². The molecule has 1 amide bonds. The van der Waals surface area contributed by atoms with E-state index in [9.17, 15) is 9.59 Å². The van der Waals surface area contributed by atoms with Crippen molar-refractivity contribution in [3.05, 3.63) is 46.4 Å². The summed E-state index contributed by atoms with van der Waals surface area (Å²) in [4.78, 5) is 25.3. The summed E-state index contributed by atoms with van der Waals surface area (Å²) in [5, 5.41) is 5.93. The molecule has 1 aromatic carbocycles. The lowest BCUT2D eigenvalue weighted by molar-refractivity contribution is -0.751. The molecule has 0 radical (unpaired) electrons. The number of carbonyl (C=O) groups is 1. The monoisotopic (exact) mass is 345 g/mol. The van der Waals surface area contributed by atoms with Crippen LogP contribution in [0.3, 0.4) is 0 Å². The Morgan fingerprint density at radius 2 is 2.16 bits per heavy atom. The zero-order chi connectivity index (χ0) is 17.8. The Morgan fingerprint density at radius 3 is 2.80 bits per heavy atom. The first-order valence-corrected chi connectivity index (χ1v) is 8.73. The fourth-order valence-electron chi connectivity index (χ4n) is 3.13. The standard InChI is InChI=1S/C18H24N4O3/c1-13(2)14-5-7-15(8-6-14)19-16-4-3-9-21(10-16)17(23)11-22-12-18(24)25-20-22/h5-8,12-13,16,19H,3-4,9-11H2,1-2H3/p+1/t16-/m1/s1. The quantitative estimate of drug-likeness (QED) is 0.804. The van der Waals surface area contributed by atoms with E-state index < -0.39 is 5.63 Å². The van der Waals surface area contributed by atoms with Gasteiger partial charge in [0.25, 0.3) is 18.6 Å². The fraction of sp³-hybridized carbons (Fsp3) is 0.500. The second kappa shape index (κ2) is 7.55. The van der Waals surface area contributed by atoms with Crippen LogP contribution in [0.5, 0.6) is 0 Å². The third-order valence-electron chi connectivity index (χ3n) is 4.55. The first-order valence-electron chi connectivity index (χ1n) is 8.73. The second-order valence-electron chi connectivity index (χ2n) is 6.87. The molecule has 3 rings (SSSR count). The number of aromatic nitrogens is 2. The van der Waals surface area contributed by atoms with Gasteiger partial charge in [-0.3, -0.25) is 9.32 Å². The maximum absolute atomic E-state index is 12.4. The predicted octanol–water partition coefficient (Wildman–Crippen LogP) is 1.48. The summed E-state index contributed by atoms with van der Waals surface area (Å²) in [6, 6.07) is 8.72. The lowest BCUT2D eigenvalue weighted by Gasteiger charge is -2.33. The normalized spacial score (nSPS) is 17.7. The largest absolute Gasteiger partial charge is 0.426 e. The number of anilines is 1. The zero-order valence-electron chi connectivity index (χ0n) is 14.7. The molecule has 2 heterocycles. The first kappa shape index (κ1) is 17.3. The van der Waals surface area contributed by atoms with Crippen LogP contribution in [0.25, 0.3) is 0 Å². The summed E-state index contributed by atoms with van der Waals surface area (Å²) in [7, 11) is 0. The molecular formula is C18H25N4O3+. The molecule has 2 aromatic rings. The van der Waals surface area contributed by atoms with Crippen LogP contribution in [0.15, 0.2) is 39.8 Å². The molecule has 1 aromatic heterocycles. The highest BCUT2D eigenvalue weighted by Crippen LogP contribution is 2.20. The van der Waals surface area contributed by atoms with Gasteiger partial charge in [0.15, 0.2) is 0 Å². The molecule has 1 atom stereocenters. The topological polar surface area (TPSA) is 82.2 Å². The summed E-state index contributed by atoms with van der Waals surface area (Å²) in [5.74, 6) is 0.493. The minimum Gasteiger partial charge on any atom is -0.381 e. The number of carbonyl (C=O) groups excluding carboxylic acids is 1. The van der Waals surface area contributed by atoms with E-state index in [-0.39, 0.29) is 18.5 Å². The van der Waals surface area contributed by atoms with E-state index in [0.717, 1.165) is 25.1 Å². The first-order chi connectivity index (χ1) is 12.0. The summed E-state index contributed by atoms with van der Waals surface area (Å²) < 4.78 is 5.95. The van der Waals surface area contributed by atoms with Gasteiger partial charge in [0.2, 0.25) is 0 Å². The van der Waals surface area contributed by atoms with Gasteiger partial charge in [-0.25, -0.2) is 4.79 Å². The van der Waals surface area contributed by atoms with Crippen molar-refractivity contribution in [1.29, 1.82) is 0 Å². The van der Waals surface area contributed by atoms with Crippen molar-refractivity contribution in [1.82, 2.24) is 10.2 Å². The van der Waals surface area contributed by atoms with Gasteiger partial charge in [-0.1, -0.05) is 30.7 Å². The van der Waals surface area contributed by atoms with Crippen LogP contribution in [-0.2, 0) is 11.3 Å². The van der Waals surface area contributed by atoms with E-state index in [1.807, 2.05) is 4.90 Å². The van der Waals surface area contributed by atoms with E-state index in [2.05, 4.69) is 53.2 Å². The van der Waals surface area contributed by atoms with Crippen molar-refractivity contribution in [2.24, 2.45) is 0 Å². The number of rotatable bonds is 5. The number of nitrogens with one attached hydrogen (secondary N) is 2. The second-order valence-corrected chi connectivity index (χ2v) is 6.87. The maximum atomic E-state index is 12.4. The molecule has 0 aliphatic carbocycles. The third-order valence-corrected chi connectivity index (χ3v) is 4.55. The van der Waals surface area contributed by atoms with Crippen LogP contribution in [0.4, 0.5) is 5.69 Å². The number of amides is 1. The molecule has 0 spiro atoms. The minimum absolute atomic E-state index is 0.0243. The number of hydrogen-bond acceptors (Lipinski definition) is 4. The Labute approximate surface area is 146 Å². The van der Waals surface area contributed by atoms with Crippen LogP contribution in [0, 0.1) is 0 Å². The molecule has 7 nitrogen and oxygen atoms in total. The van der Waals surface area contributed by atoms with Crippen molar-refractivity contribution < 1.29 is 14.0 Å². The highest BCUT2D eigenvalue weighted by Gasteiger charge is 2.26. The van der Waals surface area contributed by atoms with Crippen molar-refractivity contribution in [2.45, 2.75) is 45.2 Å². The molecule has 0 unspecified atom stereocenters. The number of hydrogen-bond donors (Lipinski definition) is 2. The zero-order valence-corrected chi connectivity index (χ0v) is 14.7. The average molecular weight is 345 g/mol. The summed E-state index contributed by atoms with van der Waals surface area (Å²) in [6.45, 7) is 5.84. The average Bonchev–Trinajstić information content (AvgIpc) is 3.00. The SMILES string of the molecule is CC(C)c1ccc(N[C@@H]2CCCN(C(=O)C[n+]3cc(=O)o[nH]3)C2)cc1. The Balaban J connectivity index is 1.57. The predicted molar refractivity (Wildman–Crippen MR) is 93.3 cm³/mol. The lowest BCUT2D eigenvalue weighted by atomic mass is 10.0. The van der Waals surface area contributed by atoms with Gasteiger partial charge in [0.1, 0.15) is 0 Å². The maximum Gasteiger partial charge on any atom is 0.426 e. The molecular weight excluding hydrogens is 320 g/mol.